The minimum atomic E-state index is 0.139. The Morgan fingerprint density at radius 2 is 1.67 bits per heavy atom. The van der Waals surface area contributed by atoms with Gasteiger partial charge in [-0.15, -0.1) is 0 Å². The summed E-state index contributed by atoms with van der Waals surface area (Å²) in [6.07, 6.45) is 3.72. The maximum Gasteiger partial charge on any atom is 0.233 e. The fourth-order valence-corrected chi connectivity index (χ4v) is 4.65. The number of aromatic hydroxyl groups is 1. The summed E-state index contributed by atoms with van der Waals surface area (Å²) >= 11 is 1.48. The molecule has 1 aliphatic rings. The van der Waals surface area contributed by atoms with Crippen molar-refractivity contribution in [1.82, 2.24) is 14.5 Å². The first-order valence-corrected chi connectivity index (χ1v) is 11.0. The van der Waals surface area contributed by atoms with E-state index in [1.165, 1.54) is 22.9 Å². The fourth-order valence-electron chi connectivity index (χ4n) is 3.78. The quantitative estimate of drug-likeness (QED) is 0.636. The molecule has 3 aromatic rings. The highest BCUT2D eigenvalue weighted by Crippen LogP contribution is 2.24. The van der Waals surface area contributed by atoms with Crippen molar-refractivity contribution in [3.8, 4) is 11.4 Å². The number of benzene rings is 2. The number of hydrogen-bond donors (Lipinski definition) is 1. The van der Waals surface area contributed by atoms with E-state index in [0.29, 0.717) is 18.8 Å². The SMILES string of the molecule is Cc1cc(C)cc(-n2ccnc2SCC(=O)N2CCN(c3ccc(O)cc3)CC2)c1. The predicted molar refractivity (Wildman–Crippen MR) is 121 cm³/mol. The third-order valence-electron chi connectivity index (χ3n) is 5.26. The molecule has 1 aliphatic heterocycles. The Bertz CT molecular complexity index is 1000. The highest BCUT2D eigenvalue weighted by Gasteiger charge is 2.22. The molecule has 1 N–H and O–H groups in total. The first kappa shape index (κ1) is 20.3. The molecule has 4 rings (SSSR count). The third kappa shape index (κ3) is 4.62. The van der Waals surface area contributed by atoms with Crippen LogP contribution in [0.25, 0.3) is 5.69 Å². The van der Waals surface area contributed by atoms with Gasteiger partial charge >= 0.3 is 0 Å². The zero-order valence-corrected chi connectivity index (χ0v) is 18.1. The Morgan fingerprint density at radius 3 is 2.33 bits per heavy atom. The normalized spacial score (nSPS) is 14.2. The number of amides is 1. The van der Waals surface area contributed by atoms with Gasteiger partial charge in [0.05, 0.1) is 5.75 Å². The number of phenols is 1. The first-order chi connectivity index (χ1) is 14.5. The molecule has 30 heavy (non-hydrogen) atoms. The summed E-state index contributed by atoms with van der Waals surface area (Å²) in [6.45, 7) is 7.15. The van der Waals surface area contributed by atoms with Crippen molar-refractivity contribution in [2.75, 3.05) is 36.8 Å². The Kier molecular flexibility index (Phi) is 5.99. The zero-order valence-electron chi connectivity index (χ0n) is 17.3. The van der Waals surface area contributed by atoms with Crippen molar-refractivity contribution in [2.24, 2.45) is 0 Å². The smallest absolute Gasteiger partial charge is 0.233 e. The van der Waals surface area contributed by atoms with Crippen molar-refractivity contribution >= 4 is 23.4 Å². The Hall–Kier alpha value is -2.93. The number of piperazine rings is 1. The van der Waals surface area contributed by atoms with E-state index in [4.69, 9.17) is 0 Å². The second-order valence-corrected chi connectivity index (χ2v) is 8.54. The summed E-state index contributed by atoms with van der Waals surface area (Å²) in [7, 11) is 0. The highest BCUT2D eigenvalue weighted by molar-refractivity contribution is 7.99. The molecule has 0 bridgehead atoms. The molecule has 0 aliphatic carbocycles. The van der Waals surface area contributed by atoms with Crippen LogP contribution in [0.1, 0.15) is 11.1 Å². The number of carbonyl (C=O) groups is 1. The Balaban J connectivity index is 1.34. The number of hydrogen-bond acceptors (Lipinski definition) is 5. The largest absolute Gasteiger partial charge is 0.508 e. The van der Waals surface area contributed by atoms with Gasteiger partial charge in [0.25, 0.3) is 0 Å². The average Bonchev–Trinajstić information content (AvgIpc) is 3.21. The summed E-state index contributed by atoms with van der Waals surface area (Å²) in [5.41, 5.74) is 4.56. The van der Waals surface area contributed by atoms with Crippen molar-refractivity contribution in [3.05, 3.63) is 66.0 Å². The summed E-state index contributed by atoms with van der Waals surface area (Å²) < 4.78 is 2.04. The number of nitrogens with zero attached hydrogens (tertiary/aromatic N) is 4. The lowest BCUT2D eigenvalue weighted by Gasteiger charge is -2.36. The van der Waals surface area contributed by atoms with Gasteiger partial charge in [-0.05, 0) is 61.4 Å². The van der Waals surface area contributed by atoms with E-state index < -0.39 is 0 Å². The predicted octanol–water partition coefficient (Wildman–Crippen LogP) is 3.64. The zero-order chi connectivity index (χ0) is 21.1. The monoisotopic (exact) mass is 422 g/mol. The number of thioether (sulfide) groups is 1. The molecule has 6 nitrogen and oxygen atoms in total. The molecule has 2 heterocycles. The molecular formula is C23H26N4O2S. The summed E-state index contributed by atoms with van der Waals surface area (Å²) in [6, 6.07) is 13.6. The highest BCUT2D eigenvalue weighted by atomic mass is 32.2. The van der Waals surface area contributed by atoms with Crippen molar-refractivity contribution in [1.29, 1.82) is 0 Å². The van der Waals surface area contributed by atoms with Crippen LogP contribution < -0.4 is 4.90 Å². The molecule has 2 aromatic carbocycles. The molecular weight excluding hydrogens is 396 g/mol. The van der Waals surface area contributed by atoms with Crippen LogP contribution in [0.2, 0.25) is 0 Å². The van der Waals surface area contributed by atoms with Crippen LogP contribution in [0.5, 0.6) is 5.75 Å². The van der Waals surface area contributed by atoms with Gasteiger partial charge in [0.1, 0.15) is 5.75 Å². The van der Waals surface area contributed by atoms with E-state index >= 15 is 0 Å². The number of aromatic nitrogens is 2. The van der Waals surface area contributed by atoms with Gasteiger partial charge in [-0.3, -0.25) is 9.36 Å². The van der Waals surface area contributed by atoms with Gasteiger partial charge in [-0.25, -0.2) is 4.98 Å². The topological polar surface area (TPSA) is 61.6 Å². The van der Waals surface area contributed by atoms with Crippen LogP contribution in [0.3, 0.4) is 0 Å². The van der Waals surface area contributed by atoms with E-state index in [1.807, 2.05) is 27.8 Å². The lowest BCUT2D eigenvalue weighted by Crippen LogP contribution is -2.49. The van der Waals surface area contributed by atoms with Crippen LogP contribution in [-0.4, -0.2) is 57.4 Å². The van der Waals surface area contributed by atoms with Crippen LogP contribution in [0.4, 0.5) is 5.69 Å². The van der Waals surface area contributed by atoms with E-state index in [9.17, 15) is 9.90 Å². The lowest BCUT2D eigenvalue weighted by atomic mass is 10.1. The van der Waals surface area contributed by atoms with E-state index in [0.717, 1.165) is 29.6 Å². The molecule has 0 spiro atoms. The summed E-state index contributed by atoms with van der Waals surface area (Å²) in [5, 5.41) is 10.3. The molecule has 1 saturated heterocycles. The number of imidazole rings is 1. The van der Waals surface area contributed by atoms with E-state index in [-0.39, 0.29) is 11.7 Å². The van der Waals surface area contributed by atoms with Crippen LogP contribution in [0.15, 0.2) is 60.0 Å². The fraction of sp³-hybridized carbons (Fsp3) is 0.304. The number of carbonyl (C=O) groups excluding carboxylic acids is 1. The van der Waals surface area contributed by atoms with Gasteiger partial charge < -0.3 is 14.9 Å². The average molecular weight is 423 g/mol. The molecule has 0 atom stereocenters. The van der Waals surface area contributed by atoms with Gasteiger partial charge in [0.15, 0.2) is 5.16 Å². The van der Waals surface area contributed by atoms with E-state index in [1.54, 1.807) is 18.3 Å². The minimum Gasteiger partial charge on any atom is -0.508 e. The second kappa shape index (κ2) is 8.83. The van der Waals surface area contributed by atoms with Gasteiger partial charge in [0.2, 0.25) is 5.91 Å². The number of anilines is 1. The minimum absolute atomic E-state index is 0.139. The maximum atomic E-state index is 12.8. The second-order valence-electron chi connectivity index (χ2n) is 7.60. The van der Waals surface area contributed by atoms with Crippen molar-refractivity contribution in [2.45, 2.75) is 19.0 Å². The Labute approximate surface area is 181 Å². The molecule has 1 aromatic heterocycles. The van der Waals surface area contributed by atoms with Crippen LogP contribution in [0, 0.1) is 13.8 Å². The van der Waals surface area contributed by atoms with Gasteiger partial charge in [0, 0.05) is 49.9 Å². The van der Waals surface area contributed by atoms with Crippen molar-refractivity contribution < 1.29 is 9.90 Å². The molecule has 0 saturated carbocycles. The lowest BCUT2D eigenvalue weighted by molar-refractivity contribution is -0.128. The third-order valence-corrected chi connectivity index (χ3v) is 6.21. The number of aryl methyl sites for hydroxylation is 2. The van der Waals surface area contributed by atoms with E-state index in [2.05, 4.69) is 41.9 Å². The molecule has 0 unspecified atom stereocenters. The molecule has 1 fully saturated rings. The standard InChI is InChI=1S/C23H26N4O2S/c1-17-13-18(2)15-20(14-17)27-8-7-24-23(27)30-16-22(29)26-11-9-25(10-12-26)19-3-5-21(28)6-4-19/h3-8,13-15,28H,9-12,16H2,1-2H3. The van der Waals surface area contributed by atoms with Crippen molar-refractivity contribution in [3.63, 3.8) is 0 Å². The summed E-state index contributed by atoms with van der Waals surface area (Å²) in [5.74, 6) is 0.783. The maximum absolute atomic E-state index is 12.8. The van der Waals surface area contributed by atoms with Gasteiger partial charge in [-0.2, -0.15) is 0 Å². The van der Waals surface area contributed by atoms with Crippen LogP contribution in [-0.2, 0) is 4.79 Å². The first-order valence-electron chi connectivity index (χ1n) is 10.1. The summed E-state index contributed by atoms with van der Waals surface area (Å²) in [4.78, 5) is 21.4. The number of phenolic OH excluding ortho intramolecular Hbond substituents is 1. The number of rotatable bonds is 5. The molecule has 0 radical (unpaired) electrons. The molecule has 156 valence electrons. The van der Waals surface area contributed by atoms with Crippen LogP contribution >= 0.6 is 11.8 Å². The van der Waals surface area contributed by atoms with Gasteiger partial charge in [-0.1, -0.05) is 17.8 Å². The molecule has 1 amide bonds. The Morgan fingerprint density at radius 1 is 1.00 bits per heavy atom. The molecule has 7 heteroatoms.